The molecule has 0 bridgehead atoms. The molecule has 0 aliphatic heterocycles. The summed E-state index contributed by atoms with van der Waals surface area (Å²) in [6, 6.07) is 7.13. The van der Waals surface area contributed by atoms with Crippen LogP contribution in [0.25, 0.3) is 10.8 Å². The molecule has 3 rings (SSSR count). The quantitative estimate of drug-likeness (QED) is 0.554. The Kier molecular flexibility index (Phi) is 3.47. The Balaban J connectivity index is 1.90. The summed E-state index contributed by atoms with van der Waals surface area (Å²) in [4.78, 5) is 0. The van der Waals surface area contributed by atoms with Crippen molar-refractivity contribution in [3.63, 3.8) is 0 Å². The first-order chi connectivity index (χ1) is 15.2. The van der Waals surface area contributed by atoms with Crippen molar-refractivity contribution < 1.29 is 22.8 Å². The molecule has 0 fully saturated rings. The van der Waals surface area contributed by atoms with E-state index in [-0.39, 0.29) is 0 Å². The number of alkyl halides is 3. The molecule has 26 heavy (non-hydrogen) atoms. The number of halogens is 3. The second kappa shape index (κ2) is 7.92. The van der Waals surface area contributed by atoms with Crippen LogP contribution in [0.5, 0.6) is 0 Å². The molecule has 136 valence electrons. The summed E-state index contributed by atoms with van der Waals surface area (Å²) in [5.74, 6) is 0. The number of benzene rings is 3. The maximum Gasteiger partial charge on any atom is 0.416 e. The van der Waals surface area contributed by atoms with E-state index in [0.717, 1.165) is 10.8 Å². The highest BCUT2D eigenvalue weighted by molar-refractivity contribution is 5.86. The van der Waals surface area contributed by atoms with Crippen LogP contribution in [0.3, 0.4) is 0 Å². The highest BCUT2D eigenvalue weighted by Gasteiger charge is 2.30. The second-order valence-electron chi connectivity index (χ2n) is 5.78. The topological polar surface area (TPSA) is 12.0 Å². The van der Waals surface area contributed by atoms with E-state index in [9.17, 15) is 13.2 Å². The van der Waals surface area contributed by atoms with Gasteiger partial charge in [0, 0.05) is 8.76 Å². The Morgan fingerprint density at radius 2 is 1.92 bits per heavy atom. The first kappa shape index (κ1) is 11.4. The molecule has 0 aliphatic carbocycles. The molecule has 4 heteroatoms. The Bertz CT molecular complexity index is 1190. The Hall–Kier alpha value is -2.33. The Morgan fingerprint density at radius 3 is 2.73 bits per heavy atom. The van der Waals surface area contributed by atoms with E-state index >= 15 is 0 Å². The molecule has 0 aromatic heterocycles. The minimum absolute atomic E-state index is 0.452. The molecule has 0 radical (unpaired) electrons. The summed E-state index contributed by atoms with van der Waals surface area (Å²) < 4.78 is 96.3. The van der Waals surface area contributed by atoms with Gasteiger partial charge in [-0.2, -0.15) is 13.2 Å². The smallest absolute Gasteiger partial charge is 0.310 e. The molecule has 0 heterocycles. The molecular weight excluding hydrogens is 335 g/mol. The van der Waals surface area contributed by atoms with Gasteiger partial charge in [0.2, 0.25) is 0 Å². The average molecular weight is 364 g/mol. The van der Waals surface area contributed by atoms with Crippen LogP contribution in [0.1, 0.15) is 45.6 Å². The summed E-state index contributed by atoms with van der Waals surface area (Å²) in [7, 11) is 0. The third-order valence-corrected chi connectivity index (χ3v) is 3.93. The fourth-order valence-corrected chi connectivity index (χ4v) is 2.64. The minimum Gasteiger partial charge on any atom is -0.310 e. The normalized spacial score (nSPS) is 18.7. The molecule has 1 nitrogen and oxygen atoms in total. The van der Waals surface area contributed by atoms with E-state index < -0.39 is 66.8 Å². The highest BCUT2D eigenvalue weighted by atomic mass is 19.4. The monoisotopic (exact) mass is 364 g/mol. The molecule has 3 aromatic rings. The lowest BCUT2D eigenvalue weighted by Gasteiger charge is -2.17. The van der Waals surface area contributed by atoms with Gasteiger partial charge in [-0.25, -0.2) is 0 Å². The van der Waals surface area contributed by atoms with Crippen molar-refractivity contribution in [1.82, 2.24) is 5.32 Å². The van der Waals surface area contributed by atoms with E-state index in [4.69, 9.17) is 9.60 Å². The van der Waals surface area contributed by atoms with Crippen LogP contribution in [-0.2, 0) is 12.6 Å². The molecule has 0 saturated heterocycles. The van der Waals surface area contributed by atoms with Crippen molar-refractivity contribution in [2.24, 2.45) is 0 Å². The van der Waals surface area contributed by atoms with E-state index in [2.05, 4.69) is 5.32 Å². The minimum atomic E-state index is -5.08. The van der Waals surface area contributed by atoms with Gasteiger partial charge in [-0.05, 0) is 54.2 Å². The van der Waals surface area contributed by atoms with E-state index in [0.29, 0.717) is 5.56 Å². The van der Waals surface area contributed by atoms with Crippen LogP contribution in [0.2, 0.25) is 0 Å². The third kappa shape index (κ3) is 4.44. The molecular formula is C22H22F3N. The fourth-order valence-electron chi connectivity index (χ4n) is 2.64. The Labute approximate surface area is 161 Å². The predicted molar refractivity (Wildman–Crippen MR) is 100 cm³/mol. The molecule has 0 spiro atoms. The first-order valence-electron chi connectivity index (χ1n) is 11.6. The van der Waals surface area contributed by atoms with Gasteiger partial charge in [0.15, 0.2) is 0 Å². The zero-order valence-corrected chi connectivity index (χ0v) is 14.1. The summed E-state index contributed by atoms with van der Waals surface area (Å²) in [6.45, 7) is 1.08. The van der Waals surface area contributed by atoms with Crippen LogP contribution in [0.15, 0.2) is 66.6 Å². The predicted octanol–water partition coefficient (Wildman–Crippen LogP) is 6.14. The van der Waals surface area contributed by atoms with Crippen molar-refractivity contribution in [1.29, 1.82) is 0 Å². The maximum atomic E-state index is 13.3. The zero-order chi connectivity index (χ0) is 24.8. The van der Waals surface area contributed by atoms with Gasteiger partial charge in [-0.3, -0.25) is 0 Å². The van der Waals surface area contributed by atoms with Crippen molar-refractivity contribution in [2.45, 2.75) is 31.9 Å². The fraction of sp³-hybridized carbons (Fsp3) is 0.273. The van der Waals surface area contributed by atoms with Gasteiger partial charge in [0.1, 0.15) is 0 Å². The van der Waals surface area contributed by atoms with Gasteiger partial charge >= 0.3 is 6.18 Å². The molecule has 1 N–H and O–H groups in total. The van der Waals surface area contributed by atoms with Crippen molar-refractivity contribution in [3.8, 4) is 0 Å². The summed E-state index contributed by atoms with van der Waals surface area (Å²) in [5, 5.41) is 4.50. The second-order valence-corrected chi connectivity index (χ2v) is 5.78. The van der Waals surface area contributed by atoms with Crippen LogP contribution >= 0.6 is 0 Å². The van der Waals surface area contributed by atoms with Crippen LogP contribution in [0, 0.1) is 0 Å². The molecule has 0 aliphatic rings. The number of hydrogen-bond acceptors (Lipinski definition) is 1. The first-order valence-corrected chi connectivity index (χ1v) is 8.05. The number of nitrogens with one attached hydrogen (secondary N) is 1. The summed E-state index contributed by atoms with van der Waals surface area (Å²) in [5.41, 5.74) is -1.65. The lowest BCUT2D eigenvalue weighted by molar-refractivity contribution is -0.137. The molecule has 3 aromatic carbocycles. The summed E-state index contributed by atoms with van der Waals surface area (Å²) >= 11 is 0. The van der Waals surface area contributed by atoms with Crippen LogP contribution < -0.4 is 5.32 Å². The van der Waals surface area contributed by atoms with Crippen molar-refractivity contribution in [2.75, 3.05) is 6.54 Å². The highest BCUT2D eigenvalue weighted by Crippen LogP contribution is 2.29. The van der Waals surface area contributed by atoms with Gasteiger partial charge in [0.05, 0.1) is 12.4 Å². The van der Waals surface area contributed by atoms with E-state index in [1.807, 2.05) is 30.3 Å². The molecule has 0 amide bonds. The van der Waals surface area contributed by atoms with E-state index in [1.165, 1.54) is 6.92 Å². The van der Waals surface area contributed by atoms with Crippen molar-refractivity contribution in [3.05, 3.63) is 83.3 Å². The van der Waals surface area contributed by atoms with Crippen LogP contribution in [0.4, 0.5) is 13.2 Å². The number of fused-ring (bicyclic) bond motifs is 1. The SMILES string of the molecule is [2H]c1c([2H])c(CC([2H])([2H])CN[C@]([2H])(C)c2cccc3ccccc23)c([2H])c(C(F)(F)F)c1[2H]. The maximum absolute atomic E-state index is 13.3. The lowest BCUT2D eigenvalue weighted by atomic mass is 9.99. The average Bonchev–Trinajstić information content (AvgIpc) is 2.73. The standard InChI is InChI=1S/C22H22F3N/c1-16(20-13-5-10-18-9-2-3-12-21(18)20)26-14-6-8-17-7-4-11-19(15-17)22(23,24)25/h2-5,7,9-13,15-16,26H,6,8,14H2,1H3/t16-/m1/s1/i4D,6D2,7D,11D,15D,16D. The largest absolute Gasteiger partial charge is 0.416 e. The third-order valence-electron chi connectivity index (χ3n) is 3.93. The molecule has 0 unspecified atom stereocenters. The molecule has 1 atom stereocenters. The van der Waals surface area contributed by atoms with Gasteiger partial charge in [-0.15, -0.1) is 0 Å². The van der Waals surface area contributed by atoms with Crippen LogP contribution in [-0.4, -0.2) is 6.54 Å². The number of hydrogen-bond donors (Lipinski definition) is 1. The molecule has 0 saturated carbocycles. The lowest BCUT2D eigenvalue weighted by Crippen LogP contribution is -2.20. The van der Waals surface area contributed by atoms with Gasteiger partial charge in [0.25, 0.3) is 0 Å². The van der Waals surface area contributed by atoms with E-state index in [1.54, 1.807) is 12.1 Å². The van der Waals surface area contributed by atoms with Gasteiger partial charge in [-0.1, -0.05) is 60.6 Å². The zero-order valence-electron chi connectivity index (χ0n) is 21.1. The van der Waals surface area contributed by atoms with Crippen molar-refractivity contribution >= 4 is 10.8 Å². The van der Waals surface area contributed by atoms with Gasteiger partial charge < -0.3 is 5.32 Å². The summed E-state index contributed by atoms with van der Waals surface area (Å²) in [6.07, 6.45) is -8.07. The Morgan fingerprint density at radius 1 is 1.15 bits per heavy atom. The number of rotatable bonds is 6.